The Hall–Kier alpha value is -3.80. The van der Waals surface area contributed by atoms with Crippen LogP contribution in [0.15, 0.2) is 72.8 Å². The first-order valence-corrected chi connectivity index (χ1v) is 8.77. The van der Waals surface area contributed by atoms with Gasteiger partial charge < -0.3 is 14.8 Å². The summed E-state index contributed by atoms with van der Waals surface area (Å²) in [6.45, 7) is 0. The van der Waals surface area contributed by atoms with Gasteiger partial charge in [-0.15, -0.1) is 0 Å². The molecule has 1 heterocycles. The van der Waals surface area contributed by atoms with E-state index in [2.05, 4.69) is 15.4 Å². The van der Waals surface area contributed by atoms with Gasteiger partial charge in [-0.25, -0.2) is 4.79 Å². The van der Waals surface area contributed by atoms with Crippen LogP contribution >= 0.6 is 0 Å². The Balaban J connectivity index is 1.59. The normalized spacial score (nSPS) is 12.2. The van der Waals surface area contributed by atoms with Crippen molar-refractivity contribution < 1.29 is 19.1 Å². The van der Waals surface area contributed by atoms with Crippen molar-refractivity contribution in [3.63, 3.8) is 0 Å². The van der Waals surface area contributed by atoms with Gasteiger partial charge >= 0.3 is 6.09 Å². The molecule has 2 amide bonds. The summed E-state index contributed by atoms with van der Waals surface area (Å²) >= 11 is 0. The van der Waals surface area contributed by atoms with Crippen LogP contribution in [0.25, 0.3) is 0 Å². The molecule has 0 fully saturated rings. The fraction of sp³-hybridized carbons (Fsp3) is 0.0909. The lowest BCUT2D eigenvalue weighted by Crippen LogP contribution is -2.25. The van der Waals surface area contributed by atoms with Gasteiger partial charge in [-0.2, -0.15) is 0 Å². The zero-order chi connectivity index (χ0) is 19.5. The monoisotopic (exact) mass is 374 g/mol. The molecule has 0 aliphatic carbocycles. The zero-order valence-electron chi connectivity index (χ0n) is 15.1. The molecule has 1 aliphatic rings. The van der Waals surface area contributed by atoms with Crippen LogP contribution in [0.5, 0.6) is 11.5 Å². The first-order chi connectivity index (χ1) is 13.7. The van der Waals surface area contributed by atoms with Crippen molar-refractivity contribution in [2.75, 3.05) is 17.7 Å². The lowest BCUT2D eigenvalue weighted by atomic mass is 9.87. The number of amides is 2. The second-order valence-electron chi connectivity index (χ2n) is 6.29. The van der Waals surface area contributed by atoms with Crippen LogP contribution in [0.4, 0.5) is 16.2 Å². The summed E-state index contributed by atoms with van der Waals surface area (Å²) in [5.41, 5.74) is 2.85. The van der Waals surface area contributed by atoms with Gasteiger partial charge in [0.05, 0.1) is 13.0 Å². The number of rotatable bonds is 3. The first-order valence-electron chi connectivity index (χ1n) is 8.77. The van der Waals surface area contributed by atoms with Gasteiger partial charge in [0, 0.05) is 22.5 Å². The molecule has 3 aromatic rings. The maximum absolute atomic E-state index is 13.1. The molecule has 140 valence electrons. The Morgan fingerprint density at radius 1 is 0.786 bits per heavy atom. The van der Waals surface area contributed by atoms with Crippen LogP contribution in [0.1, 0.15) is 17.0 Å². The Bertz CT molecular complexity index is 985. The Morgan fingerprint density at radius 2 is 1.29 bits per heavy atom. The van der Waals surface area contributed by atoms with E-state index in [1.54, 1.807) is 24.3 Å². The lowest BCUT2D eigenvalue weighted by Gasteiger charge is -2.27. The van der Waals surface area contributed by atoms with Crippen LogP contribution in [0.3, 0.4) is 0 Å². The first kappa shape index (κ1) is 17.6. The van der Waals surface area contributed by atoms with Crippen molar-refractivity contribution in [1.82, 2.24) is 0 Å². The molecular weight excluding hydrogens is 356 g/mol. The number of nitrogens with one attached hydrogen (secondary N) is 2. The SMILES string of the molecule is COC(=O)Nc1ccc(NC(=O)C2c3ccccc3Oc3ccccc32)cc1. The molecule has 0 radical (unpaired) electrons. The summed E-state index contributed by atoms with van der Waals surface area (Å²) in [5.74, 6) is 0.726. The summed E-state index contributed by atoms with van der Waals surface area (Å²) in [6, 6.07) is 21.9. The molecule has 0 aromatic heterocycles. The van der Waals surface area contributed by atoms with E-state index in [1.165, 1.54) is 7.11 Å². The third kappa shape index (κ3) is 3.40. The number of carbonyl (C=O) groups excluding carboxylic acids is 2. The van der Waals surface area contributed by atoms with Crippen molar-refractivity contribution in [1.29, 1.82) is 0 Å². The van der Waals surface area contributed by atoms with E-state index in [1.807, 2.05) is 48.5 Å². The number of hydrogen-bond acceptors (Lipinski definition) is 4. The highest BCUT2D eigenvalue weighted by Gasteiger charge is 2.32. The molecule has 28 heavy (non-hydrogen) atoms. The van der Waals surface area contributed by atoms with Gasteiger partial charge in [0.2, 0.25) is 5.91 Å². The molecule has 2 N–H and O–H groups in total. The summed E-state index contributed by atoms with van der Waals surface area (Å²) in [4.78, 5) is 24.4. The molecule has 1 aliphatic heterocycles. The van der Waals surface area contributed by atoms with Crippen molar-refractivity contribution >= 4 is 23.4 Å². The topological polar surface area (TPSA) is 76.7 Å². The van der Waals surface area contributed by atoms with Gasteiger partial charge in [-0.05, 0) is 36.4 Å². The fourth-order valence-electron chi connectivity index (χ4n) is 3.21. The van der Waals surface area contributed by atoms with E-state index in [-0.39, 0.29) is 5.91 Å². The van der Waals surface area contributed by atoms with Gasteiger partial charge in [0.15, 0.2) is 0 Å². The van der Waals surface area contributed by atoms with Crippen LogP contribution in [-0.4, -0.2) is 19.1 Å². The number of anilines is 2. The number of carbonyl (C=O) groups is 2. The fourth-order valence-corrected chi connectivity index (χ4v) is 3.21. The average Bonchev–Trinajstić information content (AvgIpc) is 2.73. The predicted molar refractivity (Wildman–Crippen MR) is 106 cm³/mol. The molecular formula is C22H18N2O4. The van der Waals surface area contributed by atoms with Crippen LogP contribution in [0, 0.1) is 0 Å². The largest absolute Gasteiger partial charge is 0.457 e. The second kappa shape index (κ2) is 7.44. The highest BCUT2D eigenvalue weighted by Crippen LogP contribution is 2.44. The third-order valence-electron chi connectivity index (χ3n) is 4.53. The molecule has 6 heteroatoms. The number of ether oxygens (including phenoxy) is 2. The van der Waals surface area contributed by atoms with E-state index in [0.29, 0.717) is 22.9 Å². The number of hydrogen-bond donors (Lipinski definition) is 2. The molecule has 0 atom stereocenters. The number of para-hydroxylation sites is 2. The Morgan fingerprint density at radius 3 is 1.82 bits per heavy atom. The quantitative estimate of drug-likeness (QED) is 0.694. The van der Waals surface area contributed by atoms with E-state index in [4.69, 9.17) is 4.74 Å². The zero-order valence-corrected chi connectivity index (χ0v) is 15.1. The molecule has 0 saturated carbocycles. The van der Waals surface area contributed by atoms with Gasteiger partial charge in [0.1, 0.15) is 11.5 Å². The summed E-state index contributed by atoms with van der Waals surface area (Å²) in [5, 5.41) is 5.52. The van der Waals surface area contributed by atoms with Crippen molar-refractivity contribution in [2.24, 2.45) is 0 Å². The third-order valence-corrected chi connectivity index (χ3v) is 4.53. The Labute approximate surface area is 162 Å². The maximum Gasteiger partial charge on any atom is 0.411 e. The van der Waals surface area contributed by atoms with Crippen molar-refractivity contribution in [2.45, 2.75) is 5.92 Å². The van der Waals surface area contributed by atoms with Gasteiger partial charge in [-0.3, -0.25) is 10.1 Å². The van der Waals surface area contributed by atoms with E-state index in [0.717, 1.165) is 11.1 Å². The minimum absolute atomic E-state index is 0.156. The minimum Gasteiger partial charge on any atom is -0.457 e. The molecule has 0 saturated heterocycles. The summed E-state index contributed by atoms with van der Waals surface area (Å²) in [6.07, 6.45) is -0.549. The number of fused-ring (bicyclic) bond motifs is 2. The molecule has 6 nitrogen and oxygen atoms in total. The number of methoxy groups -OCH3 is 1. The van der Waals surface area contributed by atoms with Crippen LogP contribution in [-0.2, 0) is 9.53 Å². The highest BCUT2D eigenvalue weighted by molar-refractivity contribution is 5.99. The van der Waals surface area contributed by atoms with Crippen molar-refractivity contribution in [3.05, 3.63) is 83.9 Å². The van der Waals surface area contributed by atoms with Gasteiger partial charge in [0.25, 0.3) is 0 Å². The maximum atomic E-state index is 13.1. The van der Waals surface area contributed by atoms with E-state index < -0.39 is 12.0 Å². The van der Waals surface area contributed by atoms with Gasteiger partial charge in [-0.1, -0.05) is 36.4 Å². The van der Waals surface area contributed by atoms with E-state index in [9.17, 15) is 9.59 Å². The summed E-state index contributed by atoms with van der Waals surface area (Å²) in [7, 11) is 1.30. The number of benzene rings is 3. The van der Waals surface area contributed by atoms with Crippen molar-refractivity contribution in [3.8, 4) is 11.5 Å². The van der Waals surface area contributed by atoms with E-state index >= 15 is 0 Å². The molecule has 0 spiro atoms. The second-order valence-corrected chi connectivity index (χ2v) is 6.29. The molecule has 0 unspecified atom stereocenters. The smallest absolute Gasteiger partial charge is 0.411 e. The predicted octanol–water partition coefficient (Wildman–Crippen LogP) is 4.74. The standard InChI is InChI=1S/C22H18N2O4/c1-27-22(26)24-15-12-10-14(11-13-15)23-21(25)20-16-6-2-4-8-18(16)28-19-9-5-3-7-17(19)20/h2-13,20H,1H3,(H,23,25)(H,24,26). The molecule has 3 aromatic carbocycles. The highest BCUT2D eigenvalue weighted by atomic mass is 16.5. The van der Waals surface area contributed by atoms with Crippen LogP contribution < -0.4 is 15.4 Å². The molecule has 0 bridgehead atoms. The average molecular weight is 374 g/mol. The molecule has 4 rings (SSSR count). The van der Waals surface area contributed by atoms with Crippen LogP contribution in [0.2, 0.25) is 0 Å². The Kier molecular flexibility index (Phi) is 4.68. The summed E-state index contributed by atoms with van der Waals surface area (Å²) < 4.78 is 10.5. The lowest BCUT2D eigenvalue weighted by molar-refractivity contribution is -0.116. The minimum atomic E-state index is -0.549.